The molecule has 0 N–H and O–H groups in total. The zero-order valence-corrected chi connectivity index (χ0v) is 7.25. The SMILES string of the molecule is COC(=O)CCCOC1COC1. The Morgan fingerprint density at radius 3 is 2.83 bits per heavy atom. The number of hydrogen-bond donors (Lipinski definition) is 0. The van der Waals surface area contributed by atoms with E-state index in [9.17, 15) is 4.79 Å². The summed E-state index contributed by atoms with van der Waals surface area (Å²) in [4.78, 5) is 10.6. The normalized spacial score (nSPS) is 17.1. The van der Waals surface area contributed by atoms with Gasteiger partial charge in [-0.05, 0) is 6.42 Å². The topological polar surface area (TPSA) is 44.8 Å². The fraction of sp³-hybridized carbons (Fsp3) is 0.875. The molecule has 70 valence electrons. The van der Waals surface area contributed by atoms with E-state index in [-0.39, 0.29) is 12.1 Å². The number of methoxy groups -OCH3 is 1. The lowest BCUT2D eigenvalue weighted by Crippen LogP contribution is -2.36. The van der Waals surface area contributed by atoms with Gasteiger partial charge in [-0.25, -0.2) is 0 Å². The predicted octanol–water partition coefficient (Wildman–Crippen LogP) is 0.355. The van der Waals surface area contributed by atoms with E-state index in [2.05, 4.69) is 4.74 Å². The van der Waals surface area contributed by atoms with Crippen molar-refractivity contribution in [3.05, 3.63) is 0 Å². The Kier molecular flexibility index (Phi) is 4.04. The van der Waals surface area contributed by atoms with Gasteiger partial charge in [-0.3, -0.25) is 4.79 Å². The van der Waals surface area contributed by atoms with Gasteiger partial charge in [0.05, 0.1) is 20.3 Å². The summed E-state index contributed by atoms with van der Waals surface area (Å²) in [6.45, 7) is 2.00. The summed E-state index contributed by atoms with van der Waals surface area (Å²) in [6.07, 6.45) is 1.41. The highest BCUT2D eigenvalue weighted by Crippen LogP contribution is 2.06. The summed E-state index contributed by atoms with van der Waals surface area (Å²) in [6, 6.07) is 0. The molecule has 1 heterocycles. The lowest BCUT2D eigenvalue weighted by atomic mass is 10.3. The molecule has 0 saturated carbocycles. The summed E-state index contributed by atoms with van der Waals surface area (Å²) in [5, 5.41) is 0. The molecule has 4 heteroatoms. The molecule has 0 aromatic carbocycles. The first-order valence-electron chi connectivity index (χ1n) is 4.09. The Balaban J connectivity index is 1.85. The van der Waals surface area contributed by atoms with Gasteiger partial charge in [0.15, 0.2) is 0 Å². The van der Waals surface area contributed by atoms with Gasteiger partial charge in [0.2, 0.25) is 0 Å². The molecule has 12 heavy (non-hydrogen) atoms. The van der Waals surface area contributed by atoms with Crippen molar-refractivity contribution in [1.29, 1.82) is 0 Å². The second-order valence-corrected chi connectivity index (χ2v) is 2.71. The summed E-state index contributed by atoms with van der Waals surface area (Å²) >= 11 is 0. The van der Waals surface area contributed by atoms with Crippen LogP contribution in [0.1, 0.15) is 12.8 Å². The molecule has 0 bridgehead atoms. The Hall–Kier alpha value is -0.610. The lowest BCUT2D eigenvalue weighted by molar-refractivity contribution is -0.143. The van der Waals surface area contributed by atoms with Crippen molar-refractivity contribution >= 4 is 5.97 Å². The van der Waals surface area contributed by atoms with Crippen LogP contribution < -0.4 is 0 Å². The van der Waals surface area contributed by atoms with E-state index in [0.717, 1.165) is 6.42 Å². The van der Waals surface area contributed by atoms with Crippen molar-refractivity contribution in [2.75, 3.05) is 26.9 Å². The molecule has 0 radical (unpaired) electrons. The minimum absolute atomic E-state index is 0.177. The largest absolute Gasteiger partial charge is 0.469 e. The molecule has 1 fully saturated rings. The fourth-order valence-corrected chi connectivity index (χ4v) is 0.879. The van der Waals surface area contributed by atoms with Crippen LogP contribution in [0.15, 0.2) is 0 Å². The summed E-state index contributed by atoms with van der Waals surface area (Å²) in [7, 11) is 1.39. The van der Waals surface area contributed by atoms with Gasteiger partial charge in [0.1, 0.15) is 6.10 Å². The van der Waals surface area contributed by atoms with E-state index in [4.69, 9.17) is 9.47 Å². The van der Waals surface area contributed by atoms with Gasteiger partial charge in [-0.2, -0.15) is 0 Å². The predicted molar refractivity (Wildman–Crippen MR) is 41.8 cm³/mol. The van der Waals surface area contributed by atoms with Gasteiger partial charge in [0.25, 0.3) is 0 Å². The minimum atomic E-state index is -0.177. The van der Waals surface area contributed by atoms with Gasteiger partial charge < -0.3 is 14.2 Å². The monoisotopic (exact) mass is 174 g/mol. The van der Waals surface area contributed by atoms with E-state index in [1.54, 1.807) is 0 Å². The van der Waals surface area contributed by atoms with Gasteiger partial charge >= 0.3 is 5.97 Å². The summed E-state index contributed by atoms with van der Waals surface area (Å²) in [5.41, 5.74) is 0. The van der Waals surface area contributed by atoms with Crippen LogP contribution in [-0.4, -0.2) is 39.0 Å². The van der Waals surface area contributed by atoms with Crippen LogP contribution >= 0.6 is 0 Å². The second kappa shape index (κ2) is 5.11. The Morgan fingerprint density at radius 2 is 2.33 bits per heavy atom. The van der Waals surface area contributed by atoms with Gasteiger partial charge in [-0.1, -0.05) is 0 Å². The average Bonchev–Trinajstić information content (AvgIpc) is 2.00. The highest BCUT2D eigenvalue weighted by molar-refractivity contribution is 5.68. The van der Waals surface area contributed by atoms with Crippen molar-refractivity contribution in [3.63, 3.8) is 0 Å². The van der Waals surface area contributed by atoms with Gasteiger partial charge in [0, 0.05) is 13.0 Å². The molecule has 0 unspecified atom stereocenters. The summed E-state index contributed by atoms with van der Waals surface area (Å²) in [5.74, 6) is -0.177. The molecule has 0 aliphatic carbocycles. The van der Waals surface area contributed by atoms with Crippen molar-refractivity contribution < 1.29 is 19.0 Å². The van der Waals surface area contributed by atoms with Crippen LogP contribution in [0.2, 0.25) is 0 Å². The van der Waals surface area contributed by atoms with Crippen molar-refractivity contribution in [2.24, 2.45) is 0 Å². The smallest absolute Gasteiger partial charge is 0.305 e. The maximum Gasteiger partial charge on any atom is 0.305 e. The zero-order valence-electron chi connectivity index (χ0n) is 7.25. The first-order valence-corrected chi connectivity index (χ1v) is 4.09. The molecule has 0 spiro atoms. The van der Waals surface area contributed by atoms with Crippen molar-refractivity contribution in [1.82, 2.24) is 0 Å². The van der Waals surface area contributed by atoms with Crippen LogP contribution in [0, 0.1) is 0 Å². The van der Waals surface area contributed by atoms with Crippen LogP contribution in [0.25, 0.3) is 0 Å². The maximum atomic E-state index is 10.6. The Labute approximate surface area is 71.8 Å². The molecule has 1 saturated heterocycles. The molecule has 1 aliphatic rings. The highest BCUT2D eigenvalue weighted by Gasteiger charge is 2.18. The molecular weight excluding hydrogens is 160 g/mol. The van der Waals surface area contributed by atoms with Crippen LogP contribution in [0.3, 0.4) is 0 Å². The minimum Gasteiger partial charge on any atom is -0.469 e. The molecule has 0 aromatic heterocycles. The molecule has 0 aromatic rings. The second-order valence-electron chi connectivity index (χ2n) is 2.71. The first-order chi connectivity index (χ1) is 5.83. The number of ether oxygens (including phenoxy) is 3. The number of rotatable bonds is 5. The quantitative estimate of drug-likeness (QED) is 0.446. The Bertz CT molecular complexity index is 142. The number of hydrogen-bond acceptors (Lipinski definition) is 4. The molecule has 4 nitrogen and oxygen atoms in total. The van der Waals surface area contributed by atoms with E-state index in [0.29, 0.717) is 26.2 Å². The van der Waals surface area contributed by atoms with E-state index in [1.807, 2.05) is 0 Å². The Morgan fingerprint density at radius 1 is 1.58 bits per heavy atom. The number of carbonyl (C=O) groups is 1. The van der Waals surface area contributed by atoms with E-state index < -0.39 is 0 Å². The molecular formula is C8H14O4. The highest BCUT2D eigenvalue weighted by atomic mass is 16.6. The van der Waals surface area contributed by atoms with Crippen LogP contribution in [0.4, 0.5) is 0 Å². The molecule has 1 aliphatic heterocycles. The first kappa shape index (κ1) is 9.48. The van der Waals surface area contributed by atoms with Crippen molar-refractivity contribution in [3.8, 4) is 0 Å². The fourth-order valence-electron chi connectivity index (χ4n) is 0.879. The number of carbonyl (C=O) groups excluding carboxylic acids is 1. The third kappa shape index (κ3) is 3.19. The zero-order chi connectivity index (χ0) is 8.81. The molecule has 0 amide bonds. The summed E-state index contributed by atoms with van der Waals surface area (Å²) < 4.78 is 14.7. The van der Waals surface area contributed by atoms with Crippen LogP contribution in [-0.2, 0) is 19.0 Å². The standard InChI is InChI=1S/C8H14O4/c1-10-8(9)3-2-4-12-7-5-11-6-7/h7H,2-6H2,1H3. The maximum absolute atomic E-state index is 10.6. The van der Waals surface area contributed by atoms with Gasteiger partial charge in [-0.15, -0.1) is 0 Å². The van der Waals surface area contributed by atoms with Crippen molar-refractivity contribution in [2.45, 2.75) is 18.9 Å². The average molecular weight is 174 g/mol. The third-order valence-electron chi connectivity index (χ3n) is 1.71. The molecule has 1 rings (SSSR count). The van der Waals surface area contributed by atoms with E-state index in [1.165, 1.54) is 7.11 Å². The lowest BCUT2D eigenvalue weighted by Gasteiger charge is -2.25. The number of esters is 1. The van der Waals surface area contributed by atoms with Crippen LogP contribution in [0.5, 0.6) is 0 Å². The third-order valence-corrected chi connectivity index (χ3v) is 1.71. The molecule has 0 atom stereocenters. The van der Waals surface area contributed by atoms with E-state index >= 15 is 0 Å².